The van der Waals surface area contributed by atoms with Gasteiger partial charge in [-0.3, -0.25) is 14.9 Å². The molecule has 0 saturated carbocycles. The number of ether oxygens (including phenoxy) is 1. The zero-order valence-corrected chi connectivity index (χ0v) is 12.1. The summed E-state index contributed by atoms with van der Waals surface area (Å²) in [5.41, 5.74) is 0.0664. The predicted molar refractivity (Wildman–Crippen MR) is 77.6 cm³/mol. The number of nitrogens with zero attached hydrogens (tertiary/aromatic N) is 1. The Balaban J connectivity index is 2.20. The molecule has 0 bridgehead atoms. The van der Waals surface area contributed by atoms with Crippen LogP contribution in [0.1, 0.15) is 23.7 Å². The lowest BCUT2D eigenvalue weighted by atomic mass is 9.95. The maximum atomic E-state index is 12.4. The topological polar surface area (TPSA) is 93.5 Å². The van der Waals surface area contributed by atoms with Crippen LogP contribution in [0, 0.1) is 16.0 Å². The van der Waals surface area contributed by atoms with Gasteiger partial charge in [-0.05, 0) is 31.5 Å². The fourth-order valence-corrected chi connectivity index (χ4v) is 2.46. The van der Waals surface area contributed by atoms with Crippen molar-refractivity contribution in [3.8, 4) is 5.75 Å². The highest BCUT2D eigenvalue weighted by molar-refractivity contribution is 5.97. The number of hydrogen-bond donors (Lipinski definition) is 2. The van der Waals surface area contributed by atoms with Gasteiger partial charge in [-0.15, -0.1) is 0 Å². The molecule has 1 fully saturated rings. The Morgan fingerprint density at radius 3 is 2.90 bits per heavy atom. The number of nitrogens with one attached hydrogen (secondary N) is 2. The van der Waals surface area contributed by atoms with E-state index in [2.05, 4.69) is 17.6 Å². The minimum atomic E-state index is -0.524. The summed E-state index contributed by atoms with van der Waals surface area (Å²) in [5.74, 6) is 0.307. The second kappa shape index (κ2) is 6.53. The molecule has 2 N–H and O–H groups in total. The summed E-state index contributed by atoms with van der Waals surface area (Å²) in [6, 6.07) is 4.07. The molecule has 2 rings (SSSR count). The van der Waals surface area contributed by atoms with Crippen molar-refractivity contribution in [2.75, 3.05) is 20.2 Å². The van der Waals surface area contributed by atoms with E-state index in [1.165, 1.54) is 25.3 Å². The highest BCUT2D eigenvalue weighted by Gasteiger charge is 2.25. The second-order valence-corrected chi connectivity index (χ2v) is 5.19. The Kier molecular flexibility index (Phi) is 4.74. The maximum Gasteiger partial charge on any atom is 0.270 e. The van der Waals surface area contributed by atoms with E-state index in [9.17, 15) is 14.9 Å². The molecule has 1 heterocycles. The van der Waals surface area contributed by atoms with E-state index in [0.29, 0.717) is 11.7 Å². The van der Waals surface area contributed by atoms with Gasteiger partial charge < -0.3 is 15.4 Å². The smallest absolute Gasteiger partial charge is 0.270 e. The van der Waals surface area contributed by atoms with Crippen LogP contribution in [0.15, 0.2) is 18.2 Å². The highest BCUT2D eigenvalue weighted by atomic mass is 16.6. The van der Waals surface area contributed by atoms with Gasteiger partial charge >= 0.3 is 0 Å². The van der Waals surface area contributed by atoms with Gasteiger partial charge in [0.1, 0.15) is 5.75 Å². The van der Waals surface area contributed by atoms with Crippen molar-refractivity contribution < 1.29 is 14.5 Å². The van der Waals surface area contributed by atoms with Crippen molar-refractivity contribution in [2.45, 2.75) is 19.4 Å². The minimum absolute atomic E-state index is 0.0581. The van der Waals surface area contributed by atoms with Crippen LogP contribution < -0.4 is 15.4 Å². The minimum Gasteiger partial charge on any atom is -0.496 e. The van der Waals surface area contributed by atoms with Gasteiger partial charge in [-0.25, -0.2) is 0 Å². The molecule has 1 aliphatic heterocycles. The monoisotopic (exact) mass is 293 g/mol. The zero-order valence-electron chi connectivity index (χ0n) is 12.1. The number of non-ortho nitro benzene ring substituents is 1. The number of hydrogen-bond acceptors (Lipinski definition) is 5. The molecule has 0 spiro atoms. The van der Waals surface area contributed by atoms with Crippen LogP contribution in [0.25, 0.3) is 0 Å². The van der Waals surface area contributed by atoms with Gasteiger partial charge in [0.2, 0.25) is 0 Å². The molecule has 1 aromatic carbocycles. The van der Waals surface area contributed by atoms with Crippen molar-refractivity contribution >= 4 is 11.6 Å². The third-order valence-electron chi connectivity index (χ3n) is 3.74. The van der Waals surface area contributed by atoms with E-state index in [4.69, 9.17) is 4.74 Å². The van der Waals surface area contributed by atoms with Crippen LogP contribution in [-0.4, -0.2) is 37.1 Å². The standard InChI is InChI=1S/C14H19N3O4/c1-9-8-15-6-5-12(9)16-14(18)11-7-10(17(19)20)3-4-13(11)21-2/h3-4,7,9,12,15H,5-6,8H2,1-2H3,(H,16,18). The molecular formula is C14H19N3O4. The Hall–Kier alpha value is -2.15. The number of rotatable bonds is 4. The van der Waals surface area contributed by atoms with Crippen LogP contribution in [0.4, 0.5) is 5.69 Å². The molecule has 0 radical (unpaired) electrons. The average molecular weight is 293 g/mol. The van der Waals surface area contributed by atoms with Gasteiger partial charge in [-0.2, -0.15) is 0 Å². The SMILES string of the molecule is COc1ccc([N+](=O)[O-])cc1C(=O)NC1CCNCC1C. The summed E-state index contributed by atoms with van der Waals surface area (Å²) in [6.07, 6.45) is 0.837. The van der Waals surface area contributed by atoms with E-state index in [1.807, 2.05) is 0 Å². The van der Waals surface area contributed by atoms with Crippen molar-refractivity contribution in [3.63, 3.8) is 0 Å². The molecule has 21 heavy (non-hydrogen) atoms. The van der Waals surface area contributed by atoms with Gasteiger partial charge in [-0.1, -0.05) is 6.92 Å². The summed E-state index contributed by atoms with van der Waals surface area (Å²) in [6.45, 7) is 3.75. The first-order valence-corrected chi connectivity index (χ1v) is 6.87. The molecule has 114 valence electrons. The molecule has 0 aliphatic carbocycles. The first-order valence-electron chi connectivity index (χ1n) is 6.87. The Labute approximate surface area is 122 Å². The summed E-state index contributed by atoms with van der Waals surface area (Å²) in [4.78, 5) is 22.7. The predicted octanol–water partition coefficient (Wildman–Crippen LogP) is 1.33. The second-order valence-electron chi connectivity index (χ2n) is 5.19. The molecule has 1 amide bonds. The molecule has 7 heteroatoms. The quantitative estimate of drug-likeness (QED) is 0.645. The molecular weight excluding hydrogens is 274 g/mol. The van der Waals surface area contributed by atoms with E-state index >= 15 is 0 Å². The van der Waals surface area contributed by atoms with E-state index < -0.39 is 4.92 Å². The third-order valence-corrected chi connectivity index (χ3v) is 3.74. The van der Waals surface area contributed by atoms with Crippen molar-refractivity contribution in [2.24, 2.45) is 5.92 Å². The van der Waals surface area contributed by atoms with Crippen LogP contribution in [0.2, 0.25) is 0 Å². The Morgan fingerprint density at radius 2 is 2.29 bits per heavy atom. The molecule has 7 nitrogen and oxygen atoms in total. The normalized spacial score (nSPS) is 21.6. The zero-order chi connectivity index (χ0) is 15.4. The van der Waals surface area contributed by atoms with Crippen LogP contribution in [-0.2, 0) is 0 Å². The molecule has 1 aromatic rings. The first-order chi connectivity index (χ1) is 10.0. The van der Waals surface area contributed by atoms with Gasteiger partial charge in [0.15, 0.2) is 0 Å². The van der Waals surface area contributed by atoms with Crippen molar-refractivity contribution in [1.29, 1.82) is 0 Å². The molecule has 2 unspecified atom stereocenters. The van der Waals surface area contributed by atoms with Gasteiger partial charge in [0, 0.05) is 18.2 Å². The van der Waals surface area contributed by atoms with Crippen molar-refractivity contribution in [3.05, 3.63) is 33.9 Å². The Morgan fingerprint density at radius 1 is 1.52 bits per heavy atom. The maximum absolute atomic E-state index is 12.4. The van der Waals surface area contributed by atoms with Crippen LogP contribution in [0.5, 0.6) is 5.75 Å². The number of nitro benzene ring substituents is 1. The number of nitro groups is 1. The van der Waals surface area contributed by atoms with Crippen LogP contribution >= 0.6 is 0 Å². The number of carbonyl (C=O) groups is 1. The van der Waals surface area contributed by atoms with E-state index in [0.717, 1.165) is 19.5 Å². The number of benzene rings is 1. The lowest BCUT2D eigenvalue weighted by Gasteiger charge is -2.30. The highest BCUT2D eigenvalue weighted by Crippen LogP contribution is 2.24. The Bertz CT molecular complexity index is 547. The lowest BCUT2D eigenvalue weighted by molar-refractivity contribution is -0.384. The van der Waals surface area contributed by atoms with E-state index in [-0.39, 0.29) is 23.2 Å². The van der Waals surface area contributed by atoms with E-state index in [1.54, 1.807) is 0 Å². The third kappa shape index (κ3) is 3.49. The summed E-state index contributed by atoms with van der Waals surface area (Å²) in [5, 5.41) is 17.0. The number of carbonyl (C=O) groups excluding carboxylic acids is 1. The van der Waals surface area contributed by atoms with Gasteiger partial charge in [0.25, 0.3) is 11.6 Å². The first kappa shape index (κ1) is 15.2. The summed E-state index contributed by atoms with van der Waals surface area (Å²) >= 11 is 0. The largest absolute Gasteiger partial charge is 0.496 e. The fourth-order valence-electron chi connectivity index (χ4n) is 2.46. The average Bonchev–Trinajstić information content (AvgIpc) is 2.48. The number of piperidine rings is 1. The molecule has 0 aromatic heterocycles. The fraction of sp³-hybridized carbons (Fsp3) is 0.500. The lowest BCUT2D eigenvalue weighted by Crippen LogP contribution is -2.48. The molecule has 1 aliphatic rings. The van der Waals surface area contributed by atoms with Crippen LogP contribution in [0.3, 0.4) is 0 Å². The summed E-state index contributed by atoms with van der Waals surface area (Å²) in [7, 11) is 1.44. The molecule has 2 atom stereocenters. The van der Waals surface area contributed by atoms with Gasteiger partial charge in [0.05, 0.1) is 17.6 Å². The summed E-state index contributed by atoms with van der Waals surface area (Å²) < 4.78 is 5.12. The van der Waals surface area contributed by atoms with Crippen molar-refractivity contribution in [1.82, 2.24) is 10.6 Å². The molecule has 1 saturated heterocycles. The number of methoxy groups -OCH3 is 1. The number of amides is 1.